The summed E-state index contributed by atoms with van der Waals surface area (Å²) >= 11 is 11.8. The number of hydrogen-bond donors (Lipinski definition) is 0. The number of aldehydes is 1. The summed E-state index contributed by atoms with van der Waals surface area (Å²) in [5, 5.41) is 1.09. The van der Waals surface area contributed by atoms with Gasteiger partial charge in [0.1, 0.15) is 0 Å². The van der Waals surface area contributed by atoms with E-state index >= 15 is 0 Å². The van der Waals surface area contributed by atoms with Gasteiger partial charge in [-0.25, -0.2) is 0 Å². The Morgan fingerprint density at radius 1 is 1.20 bits per heavy atom. The van der Waals surface area contributed by atoms with Crippen LogP contribution in [0.5, 0.6) is 0 Å². The molecule has 0 N–H and O–H groups in total. The molecule has 0 saturated heterocycles. The van der Waals surface area contributed by atoms with Crippen molar-refractivity contribution in [2.75, 3.05) is 0 Å². The Balaban J connectivity index is 2.59. The quantitative estimate of drug-likeness (QED) is 0.735. The van der Waals surface area contributed by atoms with Crippen LogP contribution in [0.3, 0.4) is 0 Å². The number of nitrogens with zero attached hydrogens (tertiary/aromatic N) is 1. The van der Waals surface area contributed by atoms with Gasteiger partial charge in [-0.15, -0.1) is 0 Å². The lowest BCUT2D eigenvalue weighted by molar-refractivity contribution is 0.111. The van der Waals surface area contributed by atoms with E-state index in [4.69, 9.17) is 23.2 Å². The maximum absolute atomic E-state index is 10.8. The largest absolute Gasteiger partial charge is 0.313 e. The number of rotatable bonds is 2. The second kappa shape index (κ2) is 4.09. The zero-order valence-corrected chi connectivity index (χ0v) is 9.16. The Morgan fingerprint density at radius 2 is 2.00 bits per heavy atom. The number of hydrogen-bond acceptors (Lipinski definition) is 1. The van der Waals surface area contributed by atoms with Crippen LogP contribution in [0.1, 0.15) is 10.5 Å². The second-order valence-electron chi connectivity index (χ2n) is 3.02. The molecule has 15 heavy (non-hydrogen) atoms. The van der Waals surface area contributed by atoms with Crippen molar-refractivity contribution in [3.05, 3.63) is 52.3 Å². The van der Waals surface area contributed by atoms with Crippen molar-refractivity contribution in [2.45, 2.75) is 0 Å². The van der Waals surface area contributed by atoms with E-state index < -0.39 is 0 Å². The Labute approximate surface area is 97.0 Å². The summed E-state index contributed by atoms with van der Waals surface area (Å²) < 4.78 is 1.71. The highest BCUT2D eigenvalue weighted by atomic mass is 35.5. The van der Waals surface area contributed by atoms with Gasteiger partial charge in [0.25, 0.3) is 0 Å². The van der Waals surface area contributed by atoms with E-state index in [1.54, 1.807) is 41.1 Å². The Bertz CT molecular complexity index is 505. The monoisotopic (exact) mass is 239 g/mol. The van der Waals surface area contributed by atoms with Crippen molar-refractivity contribution in [3.63, 3.8) is 0 Å². The van der Waals surface area contributed by atoms with Crippen molar-refractivity contribution >= 4 is 29.5 Å². The van der Waals surface area contributed by atoms with Gasteiger partial charge >= 0.3 is 0 Å². The summed E-state index contributed by atoms with van der Waals surface area (Å²) in [4.78, 5) is 10.8. The molecule has 0 aliphatic carbocycles. The standard InChI is InChI=1S/C11H7Cl2NO/c12-8-3-4-11(10(13)6-8)14-5-1-2-9(14)7-15/h1-7H. The lowest BCUT2D eigenvalue weighted by Gasteiger charge is -2.07. The first kappa shape index (κ1) is 10.3. The molecule has 1 aromatic carbocycles. The van der Waals surface area contributed by atoms with Crippen molar-refractivity contribution in [1.29, 1.82) is 0 Å². The third-order valence-corrected chi connectivity index (χ3v) is 2.61. The van der Waals surface area contributed by atoms with Crippen LogP contribution < -0.4 is 0 Å². The van der Waals surface area contributed by atoms with Gasteiger partial charge in [-0.1, -0.05) is 23.2 Å². The van der Waals surface area contributed by atoms with E-state index in [0.29, 0.717) is 15.7 Å². The Hall–Kier alpha value is -1.25. The highest BCUT2D eigenvalue weighted by Crippen LogP contribution is 2.25. The molecule has 1 heterocycles. The zero-order chi connectivity index (χ0) is 10.8. The number of benzene rings is 1. The summed E-state index contributed by atoms with van der Waals surface area (Å²) in [5.41, 5.74) is 1.30. The minimum atomic E-state index is 0.516. The summed E-state index contributed by atoms with van der Waals surface area (Å²) in [5.74, 6) is 0. The molecular weight excluding hydrogens is 233 g/mol. The Morgan fingerprint density at radius 3 is 2.67 bits per heavy atom. The lowest BCUT2D eigenvalue weighted by atomic mass is 10.3. The first-order valence-corrected chi connectivity index (χ1v) is 5.06. The SMILES string of the molecule is O=Cc1cccn1-c1ccc(Cl)cc1Cl. The second-order valence-corrected chi connectivity index (χ2v) is 3.86. The Kier molecular flexibility index (Phi) is 2.80. The maximum Gasteiger partial charge on any atom is 0.166 e. The highest BCUT2D eigenvalue weighted by molar-refractivity contribution is 6.35. The van der Waals surface area contributed by atoms with Crippen LogP contribution in [-0.4, -0.2) is 10.9 Å². The van der Waals surface area contributed by atoms with Crippen LogP contribution in [0, 0.1) is 0 Å². The van der Waals surface area contributed by atoms with Gasteiger partial charge in [-0.2, -0.15) is 0 Å². The summed E-state index contributed by atoms with van der Waals surface area (Å²) in [6.07, 6.45) is 2.56. The molecule has 0 spiro atoms. The molecule has 0 radical (unpaired) electrons. The third kappa shape index (κ3) is 1.91. The zero-order valence-electron chi connectivity index (χ0n) is 7.65. The smallest absolute Gasteiger partial charge is 0.166 e. The fourth-order valence-electron chi connectivity index (χ4n) is 1.39. The highest BCUT2D eigenvalue weighted by Gasteiger charge is 2.06. The molecular formula is C11H7Cl2NO. The molecule has 2 rings (SSSR count). The lowest BCUT2D eigenvalue weighted by Crippen LogP contribution is -1.97. The molecule has 76 valence electrons. The first-order chi connectivity index (χ1) is 7.22. The number of aromatic nitrogens is 1. The van der Waals surface area contributed by atoms with Gasteiger partial charge in [0.05, 0.1) is 16.4 Å². The molecule has 4 heteroatoms. The van der Waals surface area contributed by atoms with Gasteiger partial charge in [0.2, 0.25) is 0 Å². The fraction of sp³-hybridized carbons (Fsp3) is 0. The maximum atomic E-state index is 10.8. The van der Waals surface area contributed by atoms with Crippen LogP contribution in [0.2, 0.25) is 10.0 Å². The molecule has 0 aliphatic heterocycles. The van der Waals surface area contributed by atoms with E-state index in [9.17, 15) is 4.79 Å². The predicted molar refractivity (Wildman–Crippen MR) is 61.2 cm³/mol. The van der Waals surface area contributed by atoms with Crippen LogP contribution in [0.4, 0.5) is 0 Å². The summed E-state index contributed by atoms with van der Waals surface area (Å²) in [6, 6.07) is 8.66. The minimum absolute atomic E-state index is 0.516. The normalized spacial score (nSPS) is 10.3. The molecule has 2 nitrogen and oxygen atoms in total. The van der Waals surface area contributed by atoms with E-state index in [1.807, 2.05) is 0 Å². The van der Waals surface area contributed by atoms with Crippen LogP contribution in [0.15, 0.2) is 36.5 Å². The predicted octanol–water partition coefficient (Wildman–Crippen LogP) is 3.60. The molecule has 0 unspecified atom stereocenters. The average molecular weight is 240 g/mol. The topological polar surface area (TPSA) is 22.0 Å². The molecule has 2 aromatic rings. The molecule has 0 bridgehead atoms. The fourth-order valence-corrected chi connectivity index (χ4v) is 1.89. The number of halogens is 2. The van der Waals surface area contributed by atoms with Crippen molar-refractivity contribution in [2.24, 2.45) is 0 Å². The van der Waals surface area contributed by atoms with Crippen LogP contribution in [0.25, 0.3) is 5.69 Å². The first-order valence-electron chi connectivity index (χ1n) is 4.30. The van der Waals surface area contributed by atoms with E-state index in [1.165, 1.54) is 0 Å². The number of carbonyl (C=O) groups is 1. The molecule has 0 amide bonds. The van der Waals surface area contributed by atoms with Gasteiger partial charge in [0, 0.05) is 11.2 Å². The van der Waals surface area contributed by atoms with Crippen LogP contribution in [-0.2, 0) is 0 Å². The van der Waals surface area contributed by atoms with Gasteiger partial charge in [-0.3, -0.25) is 4.79 Å². The van der Waals surface area contributed by atoms with Crippen LogP contribution >= 0.6 is 23.2 Å². The van der Waals surface area contributed by atoms with Crippen molar-refractivity contribution in [3.8, 4) is 5.69 Å². The minimum Gasteiger partial charge on any atom is -0.313 e. The van der Waals surface area contributed by atoms with Gasteiger partial charge in [-0.05, 0) is 30.3 Å². The summed E-state index contributed by atoms with van der Waals surface area (Å²) in [6.45, 7) is 0. The van der Waals surface area contributed by atoms with E-state index in [2.05, 4.69) is 0 Å². The van der Waals surface area contributed by atoms with E-state index in [0.717, 1.165) is 12.0 Å². The average Bonchev–Trinajstić information content (AvgIpc) is 2.65. The molecule has 0 fully saturated rings. The molecule has 0 aliphatic rings. The summed E-state index contributed by atoms with van der Waals surface area (Å²) in [7, 11) is 0. The number of carbonyl (C=O) groups excluding carboxylic acids is 1. The van der Waals surface area contributed by atoms with Gasteiger partial charge < -0.3 is 4.57 Å². The molecule has 0 atom stereocenters. The van der Waals surface area contributed by atoms with Crippen molar-refractivity contribution in [1.82, 2.24) is 4.57 Å². The van der Waals surface area contributed by atoms with Gasteiger partial charge in [0.15, 0.2) is 6.29 Å². The van der Waals surface area contributed by atoms with Crippen molar-refractivity contribution < 1.29 is 4.79 Å². The van der Waals surface area contributed by atoms with E-state index in [-0.39, 0.29) is 0 Å². The molecule has 1 aromatic heterocycles. The molecule has 0 saturated carbocycles. The third-order valence-electron chi connectivity index (χ3n) is 2.07.